The van der Waals surface area contributed by atoms with Crippen molar-refractivity contribution < 1.29 is 14.3 Å². The molecule has 1 N–H and O–H groups in total. The molecule has 1 aromatic heterocycles. The smallest absolute Gasteiger partial charge is 0.271 e. The van der Waals surface area contributed by atoms with Crippen LogP contribution in [0.15, 0.2) is 64.4 Å². The van der Waals surface area contributed by atoms with E-state index in [-0.39, 0.29) is 5.91 Å². The Morgan fingerprint density at radius 3 is 2.75 bits per heavy atom. The summed E-state index contributed by atoms with van der Waals surface area (Å²) in [6.45, 7) is 0.592. The van der Waals surface area contributed by atoms with Crippen LogP contribution in [-0.2, 0) is 6.54 Å². The van der Waals surface area contributed by atoms with Crippen molar-refractivity contribution in [3.63, 3.8) is 0 Å². The second-order valence-corrected chi connectivity index (χ2v) is 6.69. The van der Waals surface area contributed by atoms with Gasteiger partial charge in [0.25, 0.3) is 5.91 Å². The lowest BCUT2D eigenvalue weighted by atomic mass is 10.1. The topological polar surface area (TPSA) is 77.7 Å². The van der Waals surface area contributed by atoms with Crippen LogP contribution in [-0.4, -0.2) is 36.1 Å². The highest BCUT2D eigenvalue weighted by atomic mass is 79.9. The van der Waals surface area contributed by atoms with E-state index in [1.54, 1.807) is 43.3 Å². The second-order valence-electron chi connectivity index (χ2n) is 5.83. The van der Waals surface area contributed by atoms with Gasteiger partial charge in [0.1, 0.15) is 11.5 Å². The molecule has 0 spiro atoms. The summed E-state index contributed by atoms with van der Waals surface area (Å²) in [5.41, 5.74) is 4.73. The molecule has 144 valence electrons. The number of carbonyl (C=O) groups excluding carboxylic acids is 1. The first-order valence-corrected chi connectivity index (χ1v) is 9.21. The largest absolute Gasteiger partial charge is 0.496 e. The lowest BCUT2D eigenvalue weighted by Gasteiger charge is -2.09. The minimum Gasteiger partial charge on any atom is -0.496 e. The van der Waals surface area contributed by atoms with E-state index >= 15 is 0 Å². The van der Waals surface area contributed by atoms with Crippen LogP contribution in [0.1, 0.15) is 21.5 Å². The number of rotatable bonds is 7. The van der Waals surface area contributed by atoms with Gasteiger partial charge in [0.15, 0.2) is 0 Å². The number of halogens is 1. The van der Waals surface area contributed by atoms with Gasteiger partial charge in [0.2, 0.25) is 0 Å². The first kappa shape index (κ1) is 19.6. The third kappa shape index (κ3) is 4.77. The van der Waals surface area contributed by atoms with Gasteiger partial charge in [-0.3, -0.25) is 9.48 Å². The molecular weight excluding hydrogens is 424 g/mol. The molecule has 3 aromatic rings. The fourth-order valence-electron chi connectivity index (χ4n) is 2.60. The molecule has 0 aliphatic carbocycles. The third-order valence-corrected chi connectivity index (χ3v) is 4.59. The zero-order chi connectivity index (χ0) is 19.9. The normalized spacial score (nSPS) is 10.8. The molecular formula is C20H19BrN4O3. The molecule has 0 saturated carbocycles. The zero-order valence-electron chi connectivity index (χ0n) is 15.4. The van der Waals surface area contributed by atoms with E-state index < -0.39 is 0 Å². The van der Waals surface area contributed by atoms with Gasteiger partial charge in [0, 0.05) is 29.6 Å². The van der Waals surface area contributed by atoms with Gasteiger partial charge >= 0.3 is 0 Å². The lowest BCUT2D eigenvalue weighted by molar-refractivity contribution is 0.0955. The van der Waals surface area contributed by atoms with Gasteiger partial charge in [-0.15, -0.1) is 0 Å². The lowest BCUT2D eigenvalue weighted by Crippen LogP contribution is -2.18. The predicted octanol–water partition coefficient (Wildman–Crippen LogP) is 3.48. The Kier molecular flexibility index (Phi) is 6.44. The second kappa shape index (κ2) is 9.18. The van der Waals surface area contributed by atoms with Crippen LogP contribution in [0.4, 0.5) is 0 Å². The Morgan fingerprint density at radius 2 is 2.04 bits per heavy atom. The number of carbonyl (C=O) groups is 1. The molecule has 0 radical (unpaired) electrons. The molecule has 0 bridgehead atoms. The van der Waals surface area contributed by atoms with E-state index in [1.165, 1.54) is 6.21 Å². The van der Waals surface area contributed by atoms with Gasteiger partial charge in [-0.1, -0.05) is 12.1 Å². The summed E-state index contributed by atoms with van der Waals surface area (Å²) < 4.78 is 13.1. The summed E-state index contributed by atoms with van der Waals surface area (Å²) in [5.74, 6) is 0.927. The Hall–Kier alpha value is -3.13. The van der Waals surface area contributed by atoms with Crippen molar-refractivity contribution in [2.75, 3.05) is 14.2 Å². The van der Waals surface area contributed by atoms with Crippen molar-refractivity contribution in [2.24, 2.45) is 5.10 Å². The van der Waals surface area contributed by atoms with Crippen LogP contribution < -0.4 is 14.9 Å². The van der Waals surface area contributed by atoms with Crippen molar-refractivity contribution in [3.8, 4) is 11.5 Å². The summed E-state index contributed by atoms with van der Waals surface area (Å²) in [6, 6.07) is 12.7. The highest BCUT2D eigenvalue weighted by molar-refractivity contribution is 9.10. The number of nitrogens with zero attached hydrogens (tertiary/aromatic N) is 3. The summed E-state index contributed by atoms with van der Waals surface area (Å²) in [7, 11) is 3.14. The molecule has 3 rings (SSSR count). The van der Waals surface area contributed by atoms with Gasteiger partial charge in [-0.05, 0) is 45.8 Å². The SMILES string of the molecule is COc1cc(OC)c(/C=N/NC(=O)c2cccc(Cn3cccn3)c2)cc1Br. The Balaban J connectivity index is 1.69. The van der Waals surface area contributed by atoms with Crippen molar-refractivity contribution in [1.82, 2.24) is 15.2 Å². The van der Waals surface area contributed by atoms with E-state index in [0.29, 0.717) is 29.2 Å². The molecule has 0 aliphatic rings. The number of aromatic nitrogens is 2. The van der Waals surface area contributed by atoms with E-state index in [1.807, 2.05) is 30.5 Å². The summed E-state index contributed by atoms with van der Waals surface area (Å²) >= 11 is 3.42. The molecule has 28 heavy (non-hydrogen) atoms. The minimum absolute atomic E-state index is 0.301. The molecule has 0 atom stereocenters. The van der Waals surface area contributed by atoms with Gasteiger partial charge in [0.05, 0.1) is 31.5 Å². The van der Waals surface area contributed by atoms with Crippen molar-refractivity contribution in [1.29, 1.82) is 0 Å². The summed E-state index contributed by atoms with van der Waals surface area (Å²) in [5, 5.41) is 8.22. The maximum atomic E-state index is 12.4. The molecule has 8 heteroatoms. The first-order chi connectivity index (χ1) is 13.6. The van der Waals surface area contributed by atoms with E-state index in [4.69, 9.17) is 9.47 Å². The molecule has 2 aromatic carbocycles. The average Bonchev–Trinajstić information content (AvgIpc) is 3.21. The van der Waals surface area contributed by atoms with Crippen LogP contribution >= 0.6 is 15.9 Å². The molecule has 0 saturated heterocycles. The number of benzene rings is 2. The highest BCUT2D eigenvalue weighted by Gasteiger charge is 2.09. The van der Waals surface area contributed by atoms with Gasteiger partial charge in [-0.2, -0.15) is 10.2 Å². The van der Waals surface area contributed by atoms with E-state index in [2.05, 4.69) is 31.6 Å². The number of amides is 1. The molecule has 0 fully saturated rings. The summed E-state index contributed by atoms with van der Waals surface area (Å²) in [4.78, 5) is 12.4. The number of nitrogens with one attached hydrogen (secondary N) is 1. The number of hydrazone groups is 1. The van der Waals surface area contributed by atoms with E-state index in [0.717, 1.165) is 10.0 Å². The van der Waals surface area contributed by atoms with Crippen molar-refractivity contribution in [3.05, 3.63) is 76.0 Å². The van der Waals surface area contributed by atoms with Crippen LogP contribution in [0.25, 0.3) is 0 Å². The standard InChI is InChI=1S/C20H19BrN4O3/c1-27-18-11-19(28-2)17(21)10-16(18)12-22-24-20(26)15-6-3-5-14(9-15)13-25-8-4-7-23-25/h3-12H,13H2,1-2H3,(H,24,26)/b22-12+. The maximum Gasteiger partial charge on any atom is 0.271 e. The number of methoxy groups -OCH3 is 2. The van der Waals surface area contributed by atoms with Crippen LogP contribution in [0.3, 0.4) is 0 Å². The first-order valence-electron chi connectivity index (χ1n) is 8.42. The monoisotopic (exact) mass is 442 g/mol. The predicted molar refractivity (Wildman–Crippen MR) is 110 cm³/mol. The fourth-order valence-corrected chi connectivity index (χ4v) is 3.12. The Morgan fingerprint density at radius 1 is 1.21 bits per heavy atom. The summed E-state index contributed by atoms with van der Waals surface area (Å²) in [6.07, 6.45) is 5.11. The zero-order valence-corrected chi connectivity index (χ0v) is 17.0. The number of ether oxygens (including phenoxy) is 2. The van der Waals surface area contributed by atoms with Gasteiger partial charge in [-0.25, -0.2) is 5.43 Å². The fraction of sp³-hybridized carbons (Fsp3) is 0.150. The third-order valence-electron chi connectivity index (χ3n) is 3.97. The van der Waals surface area contributed by atoms with Crippen LogP contribution in [0, 0.1) is 0 Å². The molecule has 1 amide bonds. The van der Waals surface area contributed by atoms with Gasteiger partial charge < -0.3 is 9.47 Å². The van der Waals surface area contributed by atoms with Crippen molar-refractivity contribution in [2.45, 2.75) is 6.54 Å². The maximum absolute atomic E-state index is 12.4. The minimum atomic E-state index is -0.301. The Bertz CT molecular complexity index is 987. The van der Waals surface area contributed by atoms with Crippen LogP contribution in [0.5, 0.6) is 11.5 Å². The Labute approximate surface area is 171 Å². The van der Waals surface area contributed by atoms with Crippen molar-refractivity contribution >= 4 is 28.1 Å². The van der Waals surface area contributed by atoms with E-state index in [9.17, 15) is 4.79 Å². The highest BCUT2D eigenvalue weighted by Crippen LogP contribution is 2.31. The van der Waals surface area contributed by atoms with Crippen LogP contribution in [0.2, 0.25) is 0 Å². The molecule has 0 aliphatic heterocycles. The molecule has 7 nitrogen and oxygen atoms in total. The average molecular weight is 443 g/mol. The molecule has 1 heterocycles. The quantitative estimate of drug-likeness (QED) is 0.448. The molecule has 0 unspecified atom stereocenters. The number of hydrogen-bond donors (Lipinski definition) is 1. The number of hydrogen-bond acceptors (Lipinski definition) is 5.